The highest BCUT2D eigenvalue weighted by Gasteiger charge is 2.29. The minimum absolute atomic E-state index is 0. The second-order valence-corrected chi connectivity index (χ2v) is 5.65. The molecule has 0 aliphatic carbocycles. The van der Waals surface area contributed by atoms with Crippen molar-refractivity contribution in [3.05, 3.63) is 0 Å². The molecule has 2 heterocycles. The minimum atomic E-state index is 0. The SMILES string of the molecule is CCC1COC(C)CN1C(=O)CCC1CCNC1.Cl. The lowest BCUT2D eigenvalue weighted by Gasteiger charge is -2.38. The standard InChI is InChI=1S/C14H26N2O2.ClH/c1-3-13-10-18-11(2)9-16(13)14(17)5-4-12-6-7-15-8-12;/h11-13,15H,3-10H2,1-2H3;1H. The molecule has 0 aromatic carbocycles. The molecule has 0 spiro atoms. The third kappa shape index (κ3) is 4.62. The quantitative estimate of drug-likeness (QED) is 0.859. The van der Waals surface area contributed by atoms with Gasteiger partial charge in [0.25, 0.3) is 0 Å². The highest BCUT2D eigenvalue weighted by atomic mass is 35.5. The van der Waals surface area contributed by atoms with Gasteiger partial charge in [-0.1, -0.05) is 6.92 Å². The van der Waals surface area contributed by atoms with E-state index in [0.717, 1.165) is 32.5 Å². The Bertz CT molecular complexity index is 283. The predicted molar refractivity (Wildman–Crippen MR) is 78.7 cm³/mol. The number of ether oxygens (including phenoxy) is 1. The van der Waals surface area contributed by atoms with Gasteiger partial charge in [-0.15, -0.1) is 12.4 Å². The highest BCUT2D eigenvalue weighted by molar-refractivity contribution is 5.85. The fourth-order valence-electron chi connectivity index (χ4n) is 2.92. The Balaban J connectivity index is 0.00000180. The lowest BCUT2D eigenvalue weighted by molar-refractivity contribution is -0.144. The van der Waals surface area contributed by atoms with Crippen molar-refractivity contribution in [1.29, 1.82) is 0 Å². The van der Waals surface area contributed by atoms with E-state index in [1.165, 1.54) is 6.42 Å². The number of carbonyl (C=O) groups excluding carboxylic acids is 1. The van der Waals surface area contributed by atoms with E-state index in [0.29, 0.717) is 24.9 Å². The Hall–Kier alpha value is -0.320. The number of rotatable bonds is 4. The van der Waals surface area contributed by atoms with E-state index in [1.54, 1.807) is 0 Å². The molecular weight excluding hydrogens is 264 g/mol. The van der Waals surface area contributed by atoms with Crippen LogP contribution in [0.1, 0.15) is 39.5 Å². The molecule has 1 N–H and O–H groups in total. The average Bonchev–Trinajstić information content (AvgIpc) is 2.89. The number of carbonyl (C=O) groups is 1. The molecule has 19 heavy (non-hydrogen) atoms. The fraction of sp³-hybridized carbons (Fsp3) is 0.929. The van der Waals surface area contributed by atoms with E-state index in [-0.39, 0.29) is 24.6 Å². The van der Waals surface area contributed by atoms with Crippen molar-refractivity contribution < 1.29 is 9.53 Å². The smallest absolute Gasteiger partial charge is 0.222 e. The third-order valence-corrected chi connectivity index (χ3v) is 4.19. The number of amides is 1. The van der Waals surface area contributed by atoms with E-state index in [1.807, 2.05) is 6.92 Å². The topological polar surface area (TPSA) is 41.6 Å². The second-order valence-electron chi connectivity index (χ2n) is 5.65. The van der Waals surface area contributed by atoms with Crippen LogP contribution in [0.2, 0.25) is 0 Å². The zero-order chi connectivity index (χ0) is 13.0. The van der Waals surface area contributed by atoms with Gasteiger partial charge >= 0.3 is 0 Å². The van der Waals surface area contributed by atoms with E-state index in [9.17, 15) is 4.79 Å². The predicted octanol–water partition coefficient (Wildman–Crippen LogP) is 1.82. The molecule has 2 rings (SSSR count). The molecule has 0 aromatic rings. The number of nitrogens with zero attached hydrogens (tertiary/aromatic N) is 1. The molecule has 1 amide bonds. The van der Waals surface area contributed by atoms with Gasteiger partial charge in [-0.2, -0.15) is 0 Å². The minimum Gasteiger partial charge on any atom is -0.375 e. The Morgan fingerprint density at radius 2 is 2.26 bits per heavy atom. The number of morpholine rings is 1. The van der Waals surface area contributed by atoms with Crippen molar-refractivity contribution in [3.8, 4) is 0 Å². The maximum Gasteiger partial charge on any atom is 0.222 e. The Kier molecular flexibility index (Phi) is 7.11. The van der Waals surface area contributed by atoms with E-state index in [4.69, 9.17) is 4.74 Å². The number of hydrogen-bond acceptors (Lipinski definition) is 3. The van der Waals surface area contributed by atoms with Crippen molar-refractivity contribution in [2.75, 3.05) is 26.2 Å². The maximum absolute atomic E-state index is 12.3. The summed E-state index contributed by atoms with van der Waals surface area (Å²) in [4.78, 5) is 14.4. The van der Waals surface area contributed by atoms with Crippen LogP contribution in [0, 0.1) is 5.92 Å². The molecule has 3 atom stereocenters. The number of hydrogen-bond donors (Lipinski definition) is 1. The summed E-state index contributed by atoms with van der Waals surface area (Å²) < 4.78 is 5.64. The third-order valence-electron chi connectivity index (χ3n) is 4.19. The Morgan fingerprint density at radius 3 is 2.89 bits per heavy atom. The van der Waals surface area contributed by atoms with Crippen molar-refractivity contribution in [2.45, 2.75) is 51.7 Å². The highest BCUT2D eigenvalue weighted by Crippen LogP contribution is 2.19. The zero-order valence-electron chi connectivity index (χ0n) is 12.1. The molecule has 2 aliphatic rings. The summed E-state index contributed by atoms with van der Waals surface area (Å²) >= 11 is 0. The molecule has 3 unspecified atom stereocenters. The van der Waals surface area contributed by atoms with Gasteiger partial charge in [0.2, 0.25) is 5.91 Å². The van der Waals surface area contributed by atoms with Crippen molar-refractivity contribution >= 4 is 18.3 Å². The van der Waals surface area contributed by atoms with Crippen LogP contribution in [0.3, 0.4) is 0 Å². The summed E-state index contributed by atoms with van der Waals surface area (Å²) in [6.45, 7) is 7.85. The van der Waals surface area contributed by atoms with Gasteiger partial charge < -0.3 is 15.0 Å². The lowest BCUT2D eigenvalue weighted by atomic mass is 10.0. The van der Waals surface area contributed by atoms with Gasteiger partial charge in [-0.05, 0) is 45.2 Å². The van der Waals surface area contributed by atoms with Crippen LogP contribution in [0.25, 0.3) is 0 Å². The van der Waals surface area contributed by atoms with Crippen LogP contribution >= 0.6 is 12.4 Å². The summed E-state index contributed by atoms with van der Waals surface area (Å²) in [5.74, 6) is 1.02. The molecule has 112 valence electrons. The van der Waals surface area contributed by atoms with Crippen LogP contribution in [0.5, 0.6) is 0 Å². The molecule has 0 saturated carbocycles. The molecule has 5 heteroatoms. The summed E-state index contributed by atoms with van der Waals surface area (Å²) in [6.07, 6.45) is 4.14. The second kappa shape index (κ2) is 8.08. The molecule has 2 aliphatic heterocycles. The molecule has 2 fully saturated rings. The molecule has 0 aromatic heterocycles. The summed E-state index contributed by atoms with van der Waals surface area (Å²) in [7, 11) is 0. The van der Waals surface area contributed by atoms with Crippen molar-refractivity contribution in [3.63, 3.8) is 0 Å². The van der Waals surface area contributed by atoms with E-state index in [2.05, 4.69) is 17.1 Å². The molecule has 0 bridgehead atoms. The van der Waals surface area contributed by atoms with Crippen LogP contribution in [-0.2, 0) is 9.53 Å². The maximum atomic E-state index is 12.3. The van der Waals surface area contributed by atoms with Crippen molar-refractivity contribution in [2.24, 2.45) is 5.92 Å². The summed E-state index contributed by atoms with van der Waals surface area (Å²) in [5, 5.41) is 3.36. The summed E-state index contributed by atoms with van der Waals surface area (Å²) in [6, 6.07) is 0.287. The van der Waals surface area contributed by atoms with Crippen LogP contribution < -0.4 is 5.32 Å². The monoisotopic (exact) mass is 290 g/mol. The van der Waals surface area contributed by atoms with Crippen LogP contribution in [0.4, 0.5) is 0 Å². The first-order chi connectivity index (χ1) is 8.70. The van der Waals surface area contributed by atoms with E-state index < -0.39 is 0 Å². The normalized spacial score (nSPS) is 31.1. The van der Waals surface area contributed by atoms with Gasteiger partial charge in [0.05, 0.1) is 18.8 Å². The largest absolute Gasteiger partial charge is 0.375 e. The van der Waals surface area contributed by atoms with Gasteiger partial charge in [-0.3, -0.25) is 4.79 Å². The summed E-state index contributed by atoms with van der Waals surface area (Å²) in [5.41, 5.74) is 0. The van der Waals surface area contributed by atoms with Gasteiger partial charge in [0, 0.05) is 13.0 Å². The van der Waals surface area contributed by atoms with Crippen LogP contribution in [-0.4, -0.2) is 49.2 Å². The van der Waals surface area contributed by atoms with Gasteiger partial charge in [-0.25, -0.2) is 0 Å². The first kappa shape index (κ1) is 16.7. The lowest BCUT2D eigenvalue weighted by Crippen LogP contribution is -2.51. The van der Waals surface area contributed by atoms with Crippen LogP contribution in [0.15, 0.2) is 0 Å². The number of nitrogens with one attached hydrogen (secondary N) is 1. The van der Waals surface area contributed by atoms with Crippen molar-refractivity contribution in [1.82, 2.24) is 10.2 Å². The average molecular weight is 291 g/mol. The van der Waals surface area contributed by atoms with Gasteiger partial charge in [0.1, 0.15) is 0 Å². The molecule has 4 nitrogen and oxygen atoms in total. The molecule has 0 radical (unpaired) electrons. The molecular formula is C14H27ClN2O2. The Labute approximate surface area is 122 Å². The Morgan fingerprint density at radius 1 is 1.47 bits per heavy atom. The number of halogens is 1. The first-order valence-corrected chi connectivity index (χ1v) is 7.32. The van der Waals surface area contributed by atoms with Gasteiger partial charge in [0.15, 0.2) is 0 Å². The molecule has 2 saturated heterocycles. The first-order valence-electron chi connectivity index (χ1n) is 7.32. The zero-order valence-corrected chi connectivity index (χ0v) is 12.9. The fourth-order valence-corrected chi connectivity index (χ4v) is 2.92. The van der Waals surface area contributed by atoms with E-state index >= 15 is 0 Å².